The van der Waals surface area contributed by atoms with Crippen LogP contribution in [0.15, 0.2) is 18.2 Å². The number of carbonyl (C=O) groups is 3. The van der Waals surface area contributed by atoms with E-state index in [9.17, 15) is 14.4 Å². The molecule has 3 N–H and O–H groups in total. The number of nitrogens with two attached hydrogens (primary N) is 1. The van der Waals surface area contributed by atoms with Crippen LogP contribution in [0.25, 0.3) is 0 Å². The standard InChI is InChI=1S/C25H40N4O4/c1-15(28(9)23(32)33-25(5,6)7)20(24(2,3)4)22(31)29-14-17-12-18(27-8)11-10-16(17)13-19(29)21(26)30/h10-12,15,19-20,27H,13-14H2,1-9H3,(H2,26,30)/t15-,19?,20?/m0/s1. The number of rotatable bonds is 5. The van der Waals surface area contributed by atoms with Gasteiger partial charge in [-0.25, -0.2) is 4.79 Å². The van der Waals surface area contributed by atoms with E-state index in [4.69, 9.17) is 10.5 Å². The van der Waals surface area contributed by atoms with Crippen molar-refractivity contribution in [2.45, 2.75) is 79.1 Å². The van der Waals surface area contributed by atoms with Crippen LogP contribution in [0.3, 0.4) is 0 Å². The Morgan fingerprint density at radius 3 is 2.24 bits per heavy atom. The lowest BCUT2D eigenvalue weighted by Crippen LogP contribution is -2.58. The van der Waals surface area contributed by atoms with Gasteiger partial charge in [-0.3, -0.25) is 9.59 Å². The van der Waals surface area contributed by atoms with Crippen molar-refractivity contribution in [3.05, 3.63) is 29.3 Å². The van der Waals surface area contributed by atoms with Crippen LogP contribution in [0.5, 0.6) is 0 Å². The molecule has 8 nitrogen and oxygen atoms in total. The van der Waals surface area contributed by atoms with Crippen molar-refractivity contribution >= 4 is 23.6 Å². The number of ether oxygens (including phenoxy) is 1. The number of primary amides is 1. The van der Waals surface area contributed by atoms with E-state index in [1.807, 2.05) is 52.9 Å². The van der Waals surface area contributed by atoms with Crippen molar-refractivity contribution in [3.63, 3.8) is 0 Å². The number of fused-ring (bicyclic) bond motifs is 1. The van der Waals surface area contributed by atoms with Crippen LogP contribution in [0, 0.1) is 11.3 Å². The maximum atomic E-state index is 14.0. The van der Waals surface area contributed by atoms with E-state index < -0.39 is 41.0 Å². The second-order valence-corrected chi connectivity index (χ2v) is 11.0. The van der Waals surface area contributed by atoms with E-state index in [2.05, 4.69) is 5.32 Å². The zero-order valence-corrected chi connectivity index (χ0v) is 21.5. The predicted molar refractivity (Wildman–Crippen MR) is 130 cm³/mol. The summed E-state index contributed by atoms with van der Waals surface area (Å²) < 4.78 is 5.52. The first-order valence-electron chi connectivity index (χ1n) is 11.4. The molecule has 2 rings (SSSR count). The summed E-state index contributed by atoms with van der Waals surface area (Å²) >= 11 is 0. The summed E-state index contributed by atoms with van der Waals surface area (Å²) in [5.41, 5.74) is 7.53. The molecular weight excluding hydrogens is 420 g/mol. The number of anilines is 1. The fourth-order valence-corrected chi connectivity index (χ4v) is 4.43. The van der Waals surface area contributed by atoms with E-state index >= 15 is 0 Å². The Morgan fingerprint density at radius 1 is 1.15 bits per heavy atom. The third kappa shape index (κ3) is 6.18. The lowest BCUT2D eigenvalue weighted by molar-refractivity contribution is -0.149. The van der Waals surface area contributed by atoms with Gasteiger partial charge in [-0.15, -0.1) is 0 Å². The van der Waals surface area contributed by atoms with Gasteiger partial charge < -0.3 is 25.6 Å². The van der Waals surface area contributed by atoms with Gasteiger partial charge in [-0.05, 0) is 56.4 Å². The number of nitrogens with one attached hydrogen (secondary N) is 1. The van der Waals surface area contributed by atoms with Crippen LogP contribution in [-0.2, 0) is 27.3 Å². The zero-order chi connectivity index (χ0) is 25.3. The minimum Gasteiger partial charge on any atom is -0.444 e. The minimum absolute atomic E-state index is 0.199. The number of carbonyl (C=O) groups excluding carboxylic acids is 3. The Morgan fingerprint density at radius 2 is 1.76 bits per heavy atom. The average molecular weight is 461 g/mol. The number of nitrogens with zero attached hydrogens (tertiary/aromatic N) is 2. The van der Waals surface area contributed by atoms with Crippen molar-refractivity contribution in [2.75, 3.05) is 19.4 Å². The molecule has 3 atom stereocenters. The van der Waals surface area contributed by atoms with Crippen LogP contribution < -0.4 is 11.1 Å². The first-order valence-corrected chi connectivity index (χ1v) is 11.4. The zero-order valence-electron chi connectivity index (χ0n) is 21.5. The van der Waals surface area contributed by atoms with Gasteiger partial charge in [0.25, 0.3) is 0 Å². The molecule has 2 unspecified atom stereocenters. The SMILES string of the molecule is CNc1ccc2c(c1)CN(C(=O)C([C@H](C)N(C)C(=O)OC(C)(C)C)C(C)(C)C)C(C(N)=O)C2. The monoisotopic (exact) mass is 460 g/mol. The minimum atomic E-state index is -0.741. The molecule has 1 aliphatic heterocycles. The summed E-state index contributed by atoms with van der Waals surface area (Å²) in [4.78, 5) is 42.2. The largest absolute Gasteiger partial charge is 0.444 e. The fraction of sp³-hybridized carbons (Fsp3) is 0.640. The first-order chi connectivity index (χ1) is 15.1. The van der Waals surface area contributed by atoms with Crippen LogP contribution in [-0.4, -0.2) is 59.5 Å². The maximum Gasteiger partial charge on any atom is 0.410 e. The molecule has 1 aromatic carbocycles. The summed E-state index contributed by atoms with van der Waals surface area (Å²) in [5.74, 6) is -1.31. The Labute approximate surface area is 197 Å². The fourth-order valence-electron chi connectivity index (χ4n) is 4.43. The highest BCUT2D eigenvalue weighted by Crippen LogP contribution is 2.36. The van der Waals surface area contributed by atoms with Crippen molar-refractivity contribution in [3.8, 4) is 0 Å². The number of amides is 3. The Kier molecular flexibility index (Phi) is 7.71. The second kappa shape index (κ2) is 9.61. The lowest BCUT2D eigenvalue weighted by Gasteiger charge is -2.44. The van der Waals surface area contributed by atoms with Gasteiger partial charge in [0.1, 0.15) is 11.6 Å². The van der Waals surface area contributed by atoms with Gasteiger partial charge in [-0.2, -0.15) is 0 Å². The second-order valence-electron chi connectivity index (χ2n) is 11.0. The molecule has 0 fully saturated rings. The molecule has 3 amide bonds. The van der Waals surface area contributed by atoms with Crippen LogP contribution in [0.2, 0.25) is 0 Å². The van der Waals surface area contributed by atoms with Gasteiger partial charge in [0.2, 0.25) is 11.8 Å². The molecule has 0 saturated carbocycles. The van der Waals surface area contributed by atoms with Crippen LogP contribution >= 0.6 is 0 Å². The summed E-state index contributed by atoms with van der Waals surface area (Å²) in [6, 6.07) is 4.71. The molecule has 1 aromatic rings. The molecule has 8 heteroatoms. The molecule has 0 radical (unpaired) electrons. The molecular formula is C25H40N4O4. The highest BCUT2D eigenvalue weighted by atomic mass is 16.6. The highest BCUT2D eigenvalue weighted by molar-refractivity contribution is 5.89. The third-order valence-electron chi connectivity index (χ3n) is 6.21. The summed E-state index contributed by atoms with van der Waals surface area (Å²) in [7, 11) is 3.48. The van der Waals surface area contributed by atoms with E-state index in [-0.39, 0.29) is 12.5 Å². The molecule has 184 valence electrons. The quantitative estimate of drug-likeness (QED) is 0.701. The van der Waals surface area contributed by atoms with Gasteiger partial charge >= 0.3 is 6.09 Å². The first kappa shape index (κ1) is 26.5. The molecule has 1 heterocycles. The maximum absolute atomic E-state index is 14.0. The van der Waals surface area contributed by atoms with Gasteiger partial charge in [-0.1, -0.05) is 26.8 Å². The summed E-state index contributed by atoms with van der Waals surface area (Å²) in [6.45, 7) is 13.4. The van der Waals surface area contributed by atoms with Crippen molar-refractivity contribution in [2.24, 2.45) is 17.1 Å². The third-order valence-corrected chi connectivity index (χ3v) is 6.21. The van der Waals surface area contributed by atoms with E-state index in [1.165, 1.54) is 4.90 Å². The van der Waals surface area contributed by atoms with Gasteiger partial charge in [0.05, 0.1) is 5.92 Å². The normalized spacial score (nSPS) is 18.1. The van der Waals surface area contributed by atoms with Crippen molar-refractivity contribution in [1.82, 2.24) is 9.80 Å². The topological polar surface area (TPSA) is 105 Å². The van der Waals surface area contributed by atoms with E-state index in [0.29, 0.717) is 6.42 Å². The molecule has 1 aliphatic rings. The van der Waals surface area contributed by atoms with Crippen LogP contribution in [0.1, 0.15) is 59.6 Å². The molecule has 0 aromatic heterocycles. The number of hydrogen-bond donors (Lipinski definition) is 2. The van der Waals surface area contributed by atoms with E-state index in [1.54, 1.807) is 32.7 Å². The molecule has 33 heavy (non-hydrogen) atoms. The Bertz CT molecular complexity index is 901. The smallest absolute Gasteiger partial charge is 0.410 e. The van der Waals surface area contributed by atoms with Crippen molar-refractivity contribution in [1.29, 1.82) is 0 Å². The molecule has 0 aliphatic carbocycles. The highest BCUT2D eigenvalue weighted by Gasteiger charge is 2.45. The van der Waals surface area contributed by atoms with Crippen LogP contribution in [0.4, 0.5) is 10.5 Å². The number of benzene rings is 1. The van der Waals surface area contributed by atoms with Gasteiger partial charge in [0, 0.05) is 38.8 Å². The summed E-state index contributed by atoms with van der Waals surface area (Å²) in [6.07, 6.45) is -0.126. The summed E-state index contributed by atoms with van der Waals surface area (Å²) in [5, 5.41) is 3.11. The van der Waals surface area contributed by atoms with Gasteiger partial charge in [0.15, 0.2) is 0 Å². The predicted octanol–water partition coefficient (Wildman–Crippen LogP) is 3.38. The average Bonchev–Trinajstić information content (AvgIpc) is 2.69. The van der Waals surface area contributed by atoms with Crippen molar-refractivity contribution < 1.29 is 19.1 Å². The Balaban J connectivity index is 2.42. The molecule has 0 bridgehead atoms. The van der Waals surface area contributed by atoms with E-state index in [0.717, 1.165) is 16.8 Å². The molecule has 0 spiro atoms. The number of hydrogen-bond acceptors (Lipinski definition) is 5. The Hall–Kier alpha value is -2.77. The molecule has 0 saturated heterocycles. The lowest BCUT2D eigenvalue weighted by atomic mass is 9.74.